The van der Waals surface area contributed by atoms with Gasteiger partial charge in [-0.1, -0.05) is 41.4 Å². The van der Waals surface area contributed by atoms with Gasteiger partial charge in [0.15, 0.2) is 23.2 Å². The second kappa shape index (κ2) is 6.98. The standard InChI is InChI=1S/C16H12Cl2FN3O/c17-11-6-5-10(12(18)8-11)7-15-20-16(22-21-15)9-23-14-4-2-1-3-13(14)19/h1-6,8H,7,9H2,(H,20,21,22). The van der Waals surface area contributed by atoms with E-state index in [4.69, 9.17) is 27.9 Å². The van der Waals surface area contributed by atoms with Crippen LogP contribution in [0.2, 0.25) is 10.0 Å². The van der Waals surface area contributed by atoms with Gasteiger partial charge in [0.1, 0.15) is 6.61 Å². The normalized spacial score (nSPS) is 10.7. The summed E-state index contributed by atoms with van der Waals surface area (Å²) in [4.78, 5) is 4.31. The van der Waals surface area contributed by atoms with Crippen LogP contribution in [0.5, 0.6) is 5.75 Å². The van der Waals surface area contributed by atoms with Crippen molar-refractivity contribution in [1.29, 1.82) is 0 Å². The van der Waals surface area contributed by atoms with E-state index in [1.807, 2.05) is 6.07 Å². The molecule has 7 heteroatoms. The monoisotopic (exact) mass is 351 g/mol. The van der Waals surface area contributed by atoms with Gasteiger partial charge >= 0.3 is 0 Å². The fraction of sp³-hybridized carbons (Fsp3) is 0.125. The molecular weight excluding hydrogens is 340 g/mol. The summed E-state index contributed by atoms with van der Waals surface area (Å²) in [5, 5.41) is 8.02. The van der Waals surface area contributed by atoms with E-state index in [1.54, 1.807) is 30.3 Å². The van der Waals surface area contributed by atoms with Crippen molar-refractivity contribution < 1.29 is 9.13 Å². The van der Waals surface area contributed by atoms with Crippen LogP contribution in [0.25, 0.3) is 0 Å². The number of aromatic nitrogens is 3. The summed E-state index contributed by atoms with van der Waals surface area (Å²) in [6.45, 7) is 0.0995. The predicted molar refractivity (Wildman–Crippen MR) is 86.4 cm³/mol. The number of rotatable bonds is 5. The van der Waals surface area contributed by atoms with Gasteiger partial charge in [-0.25, -0.2) is 9.37 Å². The summed E-state index contributed by atoms with van der Waals surface area (Å²) in [6.07, 6.45) is 0.464. The zero-order valence-electron chi connectivity index (χ0n) is 11.9. The molecule has 0 aliphatic rings. The number of hydrogen-bond donors (Lipinski definition) is 1. The minimum atomic E-state index is -0.416. The number of nitrogens with zero attached hydrogens (tertiary/aromatic N) is 2. The quantitative estimate of drug-likeness (QED) is 0.740. The van der Waals surface area contributed by atoms with Gasteiger partial charge in [0.05, 0.1) is 0 Å². The van der Waals surface area contributed by atoms with Gasteiger partial charge in [-0.2, -0.15) is 5.10 Å². The first-order valence-electron chi connectivity index (χ1n) is 6.83. The number of benzene rings is 2. The third-order valence-corrected chi connectivity index (χ3v) is 3.73. The molecule has 0 aliphatic carbocycles. The Morgan fingerprint density at radius 2 is 1.96 bits per heavy atom. The fourth-order valence-electron chi connectivity index (χ4n) is 2.02. The van der Waals surface area contributed by atoms with Crippen LogP contribution in [-0.4, -0.2) is 15.2 Å². The Kier molecular flexibility index (Phi) is 4.79. The maximum Gasteiger partial charge on any atom is 0.165 e. The van der Waals surface area contributed by atoms with Gasteiger partial charge in [-0.3, -0.25) is 5.10 Å². The molecule has 0 atom stereocenters. The highest BCUT2D eigenvalue weighted by atomic mass is 35.5. The molecule has 0 aliphatic heterocycles. The molecule has 1 aromatic heterocycles. The molecule has 0 amide bonds. The minimum Gasteiger partial charge on any atom is -0.483 e. The highest BCUT2D eigenvalue weighted by Crippen LogP contribution is 2.22. The molecule has 1 N–H and O–H groups in total. The van der Waals surface area contributed by atoms with Crippen molar-refractivity contribution in [3.63, 3.8) is 0 Å². The van der Waals surface area contributed by atoms with Gasteiger partial charge in [0.2, 0.25) is 0 Å². The molecule has 4 nitrogen and oxygen atoms in total. The lowest BCUT2D eigenvalue weighted by Crippen LogP contribution is -1.99. The third-order valence-electron chi connectivity index (χ3n) is 3.14. The molecule has 0 spiro atoms. The molecule has 0 unspecified atom stereocenters. The summed E-state index contributed by atoms with van der Waals surface area (Å²) in [7, 11) is 0. The van der Waals surface area contributed by atoms with Crippen LogP contribution in [0, 0.1) is 5.82 Å². The molecule has 0 fully saturated rings. The largest absolute Gasteiger partial charge is 0.483 e. The minimum absolute atomic E-state index is 0.0995. The van der Waals surface area contributed by atoms with E-state index in [2.05, 4.69) is 15.2 Å². The Balaban J connectivity index is 1.65. The molecule has 0 saturated heterocycles. The van der Waals surface area contributed by atoms with E-state index in [0.717, 1.165) is 5.56 Å². The van der Waals surface area contributed by atoms with Gasteiger partial charge in [0.25, 0.3) is 0 Å². The lowest BCUT2D eigenvalue weighted by Gasteiger charge is -2.04. The highest BCUT2D eigenvalue weighted by Gasteiger charge is 2.09. The second-order valence-corrected chi connectivity index (χ2v) is 5.67. The molecule has 0 bridgehead atoms. The van der Waals surface area contributed by atoms with E-state index >= 15 is 0 Å². The summed E-state index contributed by atoms with van der Waals surface area (Å²) in [5.41, 5.74) is 0.872. The Bertz CT molecular complexity index is 823. The van der Waals surface area contributed by atoms with Crippen molar-refractivity contribution in [1.82, 2.24) is 15.2 Å². The fourth-order valence-corrected chi connectivity index (χ4v) is 2.50. The molecular formula is C16H12Cl2FN3O. The van der Waals surface area contributed by atoms with Crippen molar-refractivity contribution in [2.24, 2.45) is 0 Å². The van der Waals surface area contributed by atoms with E-state index in [9.17, 15) is 4.39 Å². The van der Waals surface area contributed by atoms with E-state index in [1.165, 1.54) is 6.07 Å². The van der Waals surface area contributed by atoms with Gasteiger partial charge < -0.3 is 4.74 Å². The summed E-state index contributed by atoms with van der Waals surface area (Å²) < 4.78 is 18.8. The molecule has 23 heavy (non-hydrogen) atoms. The lowest BCUT2D eigenvalue weighted by atomic mass is 10.1. The van der Waals surface area contributed by atoms with E-state index in [0.29, 0.717) is 28.1 Å². The average Bonchev–Trinajstić information content (AvgIpc) is 2.97. The molecule has 0 saturated carbocycles. The molecule has 1 heterocycles. The summed E-state index contributed by atoms with van der Waals surface area (Å²) in [6, 6.07) is 11.5. The third kappa shape index (κ3) is 4.00. The Morgan fingerprint density at radius 3 is 2.74 bits per heavy atom. The van der Waals surface area contributed by atoms with Crippen LogP contribution in [-0.2, 0) is 13.0 Å². The number of aromatic amines is 1. The summed E-state index contributed by atoms with van der Waals surface area (Å²) in [5.74, 6) is 0.834. The van der Waals surface area contributed by atoms with Crippen LogP contribution in [0.1, 0.15) is 17.2 Å². The number of H-pyrrole nitrogens is 1. The zero-order valence-corrected chi connectivity index (χ0v) is 13.4. The smallest absolute Gasteiger partial charge is 0.165 e. The maximum atomic E-state index is 13.5. The SMILES string of the molecule is Fc1ccccc1OCc1nc(Cc2ccc(Cl)cc2Cl)n[nH]1. The first-order chi connectivity index (χ1) is 11.1. The Hall–Kier alpha value is -2.11. The Labute approximate surface area is 142 Å². The number of hydrogen-bond acceptors (Lipinski definition) is 3. The highest BCUT2D eigenvalue weighted by molar-refractivity contribution is 6.35. The molecule has 2 aromatic carbocycles. The average molecular weight is 352 g/mol. The predicted octanol–water partition coefficient (Wildman–Crippen LogP) is 4.42. The second-order valence-electron chi connectivity index (χ2n) is 4.83. The topological polar surface area (TPSA) is 50.8 Å². The lowest BCUT2D eigenvalue weighted by molar-refractivity contribution is 0.281. The number of ether oxygens (including phenoxy) is 1. The van der Waals surface area contributed by atoms with Gasteiger partial charge in [0, 0.05) is 16.5 Å². The molecule has 3 aromatic rings. The van der Waals surface area contributed by atoms with Crippen molar-refractivity contribution >= 4 is 23.2 Å². The van der Waals surface area contributed by atoms with Crippen LogP contribution in [0.3, 0.4) is 0 Å². The van der Waals surface area contributed by atoms with Crippen LogP contribution in [0.4, 0.5) is 4.39 Å². The van der Waals surface area contributed by atoms with E-state index < -0.39 is 5.82 Å². The first kappa shape index (κ1) is 15.8. The molecule has 3 rings (SSSR count). The maximum absolute atomic E-state index is 13.5. The van der Waals surface area contributed by atoms with Gasteiger partial charge in [-0.15, -0.1) is 0 Å². The van der Waals surface area contributed by atoms with E-state index in [-0.39, 0.29) is 12.4 Å². The van der Waals surface area contributed by atoms with Crippen LogP contribution < -0.4 is 4.74 Å². The van der Waals surface area contributed by atoms with Crippen LogP contribution in [0.15, 0.2) is 42.5 Å². The molecule has 0 radical (unpaired) electrons. The first-order valence-corrected chi connectivity index (χ1v) is 7.59. The van der Waals surface area contributed by atoms with Crippen molar-refractivity contribution in [3.05, 3.63) is 75.5 Å². The van der Waals surface area contributed by atoms with Gasteiger partial charge in [-0.05, 0) is 29.8 Å². The van der Waals surface area contributed by atoms with Crippen molar-refractivity contribution in [2.45, 2.75) is 13.0 Å². The van der Waals surface area contributed by atoms with Crippen molar-refractivity contribution in [2.75, 3.05) is 0 Å². The number of nitrogens with one attached hydrogen (secondary N) is 1. The number of halogens is 3. The summed E-state index contributed by atoms with van der Waals surface area (Å²) >= 11 is 12.0. The molecule has 118 valence electrons. The van der Waals surface area contributed by atoms with Crippen molar-refractivity contribution in [3.8, 4) is 5.75 Å². The zero-order chi connectivity index (χ0) is 16.2. The number of para-hydroxylation sites is 1. The Morgan fingerprint density at radius 1 is 1.13 bits per heavy atom. The van der Waals surface area contributed by atoms with Crippen LogP contribution >= 0.6 is 23.2 Å².